The number of anilines is 1. The lowest BCUT2D eigenvalue weighted by Gasteiger charge is -2.10. The van der Waals surface area contributed by atoms with E-state index in [0.717, 1.165) is 17.1 Å². The van der Waals surface area contributed by atoms with E-state index in [1.807, 2.05) is 72.8 Å². The molecular formula is C17H19N5OS. The lowest BCUT2D eigenvalue weighted by Crippen LogP contribution is -2.16. The van der Waals surface area contributed by atoms with Crippen molar-refractivity contribution in [2.45, 2.75) is 25.9 Å². The molecule has 0 aliphatic heterocycles. The summed E-state index contributed by atoms with van der Waals surface area (Å²) in [4.78, 5) is 12.2. The van der Waals surface area contributed by atoms with Crippen LogP contribution < -0.4 is 5.32 Å². The number of nitrogens with zero attached hydrogens (tertiary/aromatic N) is 4. The Morgan fingerprint density at radius 1 is 1.12 bits per heavy atom. The van der Waals surface area contributed by atoms with Crippen LogP contribution in [0, 0.1) is 20.8 Å². The average molecular weight is 341 g/mol. The summed E-state index contributed by atoms with van der Waals surface area (Å²) in [5.41, 5.74) is 3.17. The van der Waals surface area contributed by atoms with E-state index in [4.69, 9.17) is 0 Å². The molecule has 1 N–H and O–H groups in total. The molecule has 7 heteroatoms. The van der Waals surface area contributed by atoms with Gasteiger partial charge in [0.1, 0.15) is 0 Å². The van der Waals surface area contributed by atoms with Crippen molar-refractivity contribution in [1.82, 2.24) is 19.5 Å². The highest BCUT2D eigenvalue weighted by Gasteiger charge is 2.13. The van der Waals surface area contributed by atoms with Gasteiger partial charge in [-0.25, -0.2) is 4.68 Å². The van der Waals surface area contributed by atoms with Gasteiger partial charge in [0.15, 0.2) is 5.82 Å². The monoisotopic (exact) mass is 341 g/mol. The van der Waals surface area contributed by atoms with Crippen molar-refractivity contribution >= 4 is 23.4 Å². The molecule has 0 saturated carbocycles. The van der Waals surface area contributed by atoms with Crippen LogP contribution in [0.3, 0.4) is 0 Å². The third-order valence-corrected chi connectivity index (χ3v) is 4.63. The Hall–Kier alpha value is -2.54. The van der Waals surface area contributed by atoms with Crippen LogP contribution in [0.25, 0.3) is 0 Å². The summed E-state index contributed by atoms with van der Waals surface area (Å²) in [7, 11) is 0. The number of carbonyl (C=O) groups excluding carboxylic acids is 1. The summed E-state index contributed by atoms with van der Waals surface area (Å²) >= 11 is 1.36. The lowest BCUT2D eigenvalue weighted by molar-refractivity contribution is -0.113. The minimum absolute atomic E-state index is 0.0667. The summed E-state index contributed by atoms with van der Waals surface area (Å²) in [6, 6.07) is 9.76. The van der Waals surface area contributed by atoms with Crippen molar-refractivity contribution in [2.75, 3.05) is 11.1 Å². The number of rotatable bonds is 5. The zero-order valence-corrected chi connectivity index (χ0v) is 14.7. The first-order valence-corrected chi connectivity index (χ1v) is 8.58. The van der Waals surface area contributed by atoms with Crippen LogP contribution in [0.15, 0.2) is 47.9 Å². The number of aryl methyl sites for hydroxylation is 3. The minimum Gasteiger partial charge on any atom is -0.325 e. The number of aromatic nitrogens is 4. The van der Waals surface area contributed by atoms with Gasteiger partial charge in [-0.1, -0.05) is 17.8 Å². The van der Waals surface area contributed by atoms with Gasteiger partial charge in [-0.05, 0) is 56.2 Å². The molecule has 3 rings (SSSR count). The molecule has 0 radical (unpaired) electrons. The summed E-state index contributed by atoms with van der Waals surface area (Å²) < 4.78 is 3.76. The first-order chi connectivity index (χ1) is 11.5. The number of nitrogens with one attached hydrogen (secondary N) is 1. The van der Waals surface area contributed by atoms with E-state index in [9.17, 15) is 4.79 Å². The molecule has 6 nitrogen and oxygen atoms in total. The Morgan fingerprint density at radius 2 is 1.88 bits per heavy atom. The van der Waals surface area contributed by atoms with Crippen molar-refractivity contribution in [2.24, 2.45) is 0 Å². The largest absolute Gasteiger partial charge is 0.325 e. The maximum Gasteiger partial charge on any atom is 0.234 e. The normalized spacial score (nSPS) is 10.8. The van der Waals surface area contributed by atoms with Crippen LogP contribution in [0.5, 0.6) is 0 Å². The van der Waals surface area contributed by atoms with Crippen molar-refractivity contribution in [3.8, 4) is 0 Å². The topological polar surface area (TPSA) is 64.7 Å². The summed E-state index contributed by atoms with van der Waals surface area (Å²) in [5.74, 6) is 0.970. The number of thioether (sulfide) groups is 1. The van der Waals surface area contributed by atoms with E-state index in [1.165, 1.54) is 17.3 Å². The molecule has 1 aromatic carbocycles. The molecule has 24 heavy (non-hydrogen) atoms. The molecule has 1 amide bonds. The highest BCUT2D eigenvalue weighted by molar-refractivity contribution is 7.99. The Kier molecular flexibility index (Phi) is 4.71. The first kappa shape index (κ1) is 16.3. The van der Waals surface area contributed by atoms with E-state index in [1.54, 1.807) is 0 Å². The predicted octanol–water partition coefficient (Wildman–Crippen LogP) is 3.05. The molecule has 0 fully saturated rings. The van der Waals surface area contributed by atoms with Gasteiger partial charge in [-0.2, -0.15) is 0 Å². The molecule has 0 aliphatic carbocycles. The van der Waals surface area contributed by atoms with Gasteiger partial charge >= 0.3 is 0 Å². The average Bonchev–Trinajstić information content (AvgIpc) is 3.18. The molecule has 2 aromatic heterocycles. The number of hydrogen-bond donors (Lipinski definition) is 1. The van der Waals surface area contributed by atoms with Crippen LogP contribution in [0.4, 0.5) is 5.69 Å². The second kappa shape index (κ2) is 6.92. The quantitative estimate of drug-likeness (QED) is 0.725. The molecule has 0 aliphatic rings. The van der Waals surface area contributed by atoms with Crippen LogP contribution in [0.1, 0.15) is 17.0 Å². The Morgan fingerprint density at radius 3 is 2.58 bits per heavy atom. The molecular weight excluding hydrogens is 322 g/mol. The number of hydrogen-bond acceptors (Lipinski definition) is 4. The Balaban J connectivity index is 1.66. The van der Waals surface area contributed by atoms with Gasteiger partial charge in [0.25, 0.3) is 0 Å². The zero-order chi connectivity index (χ0) is 17.1. The molecule has 3 aromatic rings. The maximum atomic E-state index is 12.2. The summed E-state index contributed by atoms with van der Waals surface area (Å²) in [6.45, 7) is 5.96. The number of benzene rings is 1. The fourth-order valence-electron chi connectivity index (χ4n) is 2.30. The maximum absolute atomic E-state index is 12.2. The van der Waals surface area contributed by atoms with E-state index in [2.05, 4.69) is 15.5 Å². The van der Waals surface area contributed by atoms with E-state index < -0.39 is 0 Å². The van der Waals surface area contributed by atoms with Crippen LogP contribution in [-0.2, 0) is 4.79 Å². The third-order valence-electron chi connectivity index (χ3n) is 3.71. The van der Waals surface area contributed by atoms with Crippen LogP contribution >= 0.6 is 11.8 Å². The molecule has 2 heterocycles. The molecule has 0 bridgehead atoms. The van der Waals surface area contributed by atoms with Crippen LogP contribution in [0.2, 0.25) is 0 Å². The fraction of sp³-hybridized carbons (Fsp3) is 0.235. The Bertz CT molecular complexity index is 854. The van der Waals surface area contributed by atoms with E-state index in [-0.39, 0.29) is 11.7 Å². The first-order valence-electron chi connectivity index (χ1n) is 7.60. The second-order valence-electron chi connectivity index (χ2n) is 5.54. The van der Waals surface area contributed by atoms with Crippen LogP contribution in [-0.4, -0.2) is 31.2 Å². The van der Waals surface area contributed by atoms with Gasteiger partial charge < -0.3 is 5.32 Å². The van der Waals surface area contributed by atoms with E-state index >= 15 is 0 Å². The summed E-state index contributed by atoms with van der Waals surface area (Å²) in [6.07, 6.45) is 3.82. The van der Waals surface area contributed by atoms with Crippen molar-refractivity contribution in [1.29, 1.82) is 0 Å². The molecule has 0 saturated heterocycles. The van der Waals surface area contributed by atoms with Crippen molar-refractivity contribution in [3.05, 3.63) is 59.7 Å². The number of carbonyl (C=O) groups is 1. The van der Waals surface area contributed by atoms with Gasteiger partial charge in [0.05, 0.1) is 5.75 Å². The Labute approximate surface area is 144 Å². The minimum atomic E-state index is -0.0667. The highest BCUT2D eigenvalue weighted by atomic mass is 32.2. The number of amides is 1. The lowest BCUT2D eigenvalue weighted by atomic mass is 10.1. The van der Waals surface area contributed by atoms with Crippen molar-refractivity contribution in [3.63, 3.8) is 0 Å². The highest BCUT2D eigenvalue weighted by Crippen LogP contribution is 2.19. The third kappa shape index (κ3) is 3.51. The van der Waals surface area contributed by atoms with Gasteiger partial charge in [-0.15, -0.1) is 10.2 Å². The SMILES string of the molecule is Cc1ccc(NC(=O)CSc2nnc(C)n2-n2cccc2)cc1C. The fourth-order valence-corrected chi connectivity index (χ4v) is 3.08. The van der Waals surface area contributed by atoms with Crippen molar-refractivity contribution < 1.29 is 4.79 Å². The molecule has 0 spiro atoms. The second-order valence-corrected chi connectivity index (χ2v) is 6.48. The standard InChI is InChI=1S/C17H19N5OS/c1-12-6-7-15(10-13(12)2)18-16(23)11-24-17-20-19-14(3)22(17)21-8-4-5-9-21/h4-10H,11H2,1-3H3,(H,18,23). The molecule has 0 atom stereocenters. The molecule has 0 unspecified atom stereocenters. The smallest absolute Gasteiger partial charge is 0.234 e. The van der Waals surface area contributed by atoms with Gasteiger partial charge in [0.2, 0.25) is 11.1 Å². The van der Waals surface area contributed by atoms with E-state index in [0.29, 0.717) is 5.16 Å². The van der Waals surface area contributed by atoms with Gasteiger partial charge in [-0.3, -0.25) is 9.47 Å². The zero-order valence-electron chi connectivity index (χ0n) is 13.9. The van der Waals surface area contributed by atoms with Gasteiger partial charge in [0, 0.05) is 18.1 Å². The molecule has 124 valence electrons. The predicted molar refractivity (Wildman–Crippen MR) is 95.3 cm³/mol. The summed E-state index contributed by atoms with van der Waals surface area (Å²) in [5, 5.41) is 11.8.